The number of nitrogens with one attached hydrogen (secondary N) is 3. The van der Waals surface area contributed by atoms with Gasteiger partial charge in [0.25, 0.3) is 0 Å². The molecule has 6 N–H and O–H groups in total. The fourth-order valence-corrected chi connectivity index (χ4v) is 5.55. The first-order chi connectivity index (χ1) is 20.5. The molecule has 1 unspecified atom stereocenters. The van der Waals surface area contributed by atoms with E-state index in [0.717, 1.165) is 48.4 Å². The van der Waals surface area contributed by atoms with Gasteiger partial charge in [0.15, 0.2) is 5.78 Å². The summed E-state index contributed by atoms with van der Waals surface area (Å²) >= 11 is 0. The Morgan fingerprint density at radius 3 is 2.37 bits per heavy atom. The van der Waals surface area contributed by atoms with Crippen LogP contribution in [0.4, 0.5) is 22.0 Å². The molecule has 2 heterocycles. The first-order valence-corrected chi connectivity index (χ1v) is 14.7. The standard InChI is InChI=1S/C34H40N6O3/c1-21-9-12-24(13-10-21)40-30(20-29(39-40)34(2,3)4)38-33(43)37-27-8-6-5-7-25(27)31(22-15-17-36-18-16-22)32(42)23-11-14-28(41)26(35)19-23/h5-14,19-20,22,31,36,41H,15-18,35H2,1-4H3,(H2,37,38,43). The molecule has 1 aliphatic heterocycles. The quantitative estimate of drug-likeness (QED) is 0.0979. The lowest BCUT2D eigenvalue weighted by molar-refractivity contribution is 0.0916. The van der Waals surface area contributed by atoms with Gasteiger partial charge in [0, 0.05) is 22.7 Å². The molecule has 0 aliphatic carbocycles. The highest BCUT2D eigenvalue weighted by molar-refractivity contribution is 6.05. The number of nitrogens with zero attached hydrogens (tertiary/aromatic N) is 2. The number of hydrogen-bond acceptors (Lipinski definition) is 6. The summed E-state index contributed by atoms with van der Waals surface area (Å²) in [6, 6.07) is 21.4. The number of aromatic hydroxyl groups is 1. The molecule has 1 aliphatic rings. The van der Waals surface area contributed by atoms with Crippen LogP contribution in [-0.4, -0.2) is 39.8 Å². The largest absolute Gasteiger partial charge is 0.506 e. The van der Waals surface area contributed by atoms with Crippen molar-refractivity contribution < 1.29 is 14.7 Å². The highest BCUT2D eigenvalue weighted by Gasteiger charge is 2.34. The van der Waals surface area contributed by atoms with Gasteiger partial charge in [0.2, 0.25) is 0 Å². The lowest BCUT2D eigenvalue weighted by Crippen LogP contribution is -2.34. The van der Waals surface area contributed by atoms with Crippen LogP contribution in [0.15, 0.2) is 72.8 Å². The number of phenolic OH excluding ortho intramolecular Hbond substituents is 1. The first kappa shape index (κ1) is 29.8. The van der Waals surface area contributed by atoms with Crippen molar-refractivity contribution >= 4 is 29.0 Å². The maximum Gasteiger partial charge on any atom is 0.324 e. The topological polar surface area (TPSA) is 134 Å². The molecule has 5 rings (SSSR count). The van der Waals surface area contributed by atoms with Crippen molar-refractivity contribution in [3.63, 3.8) is 0 Å². The Morgan fingerprint density at radius 1 is 1.00 bits per heavy atom. The summed E-state index contributed by atoms with van der Waals surface area (Å²) in [4.78, 5) is 27.6. The Balaban J connectivity index is 1.47. The minimum atomic E-state index is -0.506. The highest BCUT2D eigenvalue weighted by atomic mass is 16.3. The van der Waals surface area contributed by atoms with E-state index in [4.69, 9.17) is 10.8 Å². The van der Waals surface area contributed by atoms with Gasteiger partial charge in [-0.25, -0.2) is 9.48 Å². The molecule has 4 aromatic rings. The van der Waals surface area contributed by atoms with E-state index in [2.05, 4.69) is 36.7 Å². The van der Waals surface area contributed by atoms with Gasteiger partial charge in [0.1, 0.15) is 11.6 Å². The number of Topliss-reactive ketones (excluding diaryl/α,β-unsaturated/α-hetero) is 1. The van der Waals surface area contributed by atoms with E-state index in [0.29, 0.717) is 17.1 Å². The van der Waals surface area contributed by atoms with Gasteiger partial charge in [-0.1, -0.05) is 56.7 Å². The molecule has 43 heavy (non-hydrogen) atoms. The van der Waals surface area contributed by atoms with Crippen LogP contribution in [0.5, 0.6) is 5.75 Å². The maximum atomic E-state index is 14.1. The molecule has 0 saturated carbocycles. The van der Waals surface area contributed by atoms with E-state index in [1.807, 2.05) is 61.5 Å². The number of para-hydroxylation sites is 1. The third-order valence-corrected chi connectivity index (χ3v) is 7.99. The average molecular weight is 581 g/mol. The van der Waals surface area contributed by atoms with Crippen molar-refractivity contribution in [1.82, 2.24) is 15.1 Å². The Bertz CT molecular complexity index is 1610. The Kier molecular flexibility index (Phi) is 8.54. The van der Waals surface area contributed by atoms with E-state index < -0.39 is 11.9 Å². The number of carbonyl (C=O) groups excluding carboxylic acids is 2. The number of ketones is 1. The average Bonchev–Trinajstić information content (AvgIpc) is 3.40. The summed E-state index contributed by atoms with van der Waals surface area (Å²) < 4.78 is 1.74. The van der Waals surface area contributed by atoms with Gasteiger partial charge in [-0.2, -0.15) is 5.10 Å². The Morgan fingerprint density at radius 2 is 1.70 bits per heavy atom. The molecule has 224 valence electrons. The molecule has 9 nitrogen and oxygen atoms in total. The molecule has 0 bridgehead atoms. The smallest absolute Gasteiger partial charge is 0.324 e. The maximum absolute atomic E-state index is 14.1. The SMILES string of the molecule is Cc1ccc(-n2nc(C(C)(C)C)cc2NC(=O)Nc2ccccc2C(C(=O)c2ccc(O)c(N)c2)C2CCNCC2)cc1. The molecule has 1 atom stereocenters. The number of urea groups is 1. The van der Waals surface area contributed by atoms with E-state index in [1.54, 1.807) is 10.7 Å². The monoisotopic (exact) mass is 580 g/mol. The minimum Gasteiger partial charge on any atom is -0.506 e. The summed E-state index contributed by atoms with van der Waals surface area (Å²) in [6.07, 6.45) is 1.63. The normalized spacial score (nSPS) is 14.7. The van der Waals surface area contributed by atoms with Crippen molar-refractivity contribution in [2.24, 2.45) is 5.92 Å². The van der Waals surface area contributed by atoms with Crippen LogP contribution in [0.25, 0.3) is 5.69 Å². The second-order valence-electron chi connectivity index (χ2n) is 12.3. The Labute approximate surface area is 252 Å². The zero-order valence-corrected chi connectivity index (χ0v) is 25.1. The molecule has 0 spiro atoms. The van der Waals surface area contributed by atoms with Gasteiger partial charge in [0.05, 0.1) is 23.0 Å². The van der Waals surface area contributed by atoms with Crippen molar-refractivity contribution in [2.75, 3.05) is 29.5 Å². The summed E-state index contributed by atoms with van der Waals surface area (Å²) in [5.41, 5.74) is 10.4. The van der Waals surface area contributed by atoms with Crippen LogP contribution >= 0.6 is 0 Å². The van der Waals surface area contributed by atoms with Crippen LogP contribution in [0.2, 0.25) is 0 Å². The lowest BCUT2D eigenvalue weighted by atomic mass is 9.75. The minimum absolute atomic E-state index is 0.0619. The van der Waals surface area contributed by atoms with Gasteiger partial charge >= 0.3 is 6.03 Å². The number of phenols is 1. The molecular formula is C34H40N6O3. The summed E-state index contributed by atoms with van der Waals surface area (Å²) in [5.74, 6) is -0.0664. The number of aryl methyl sites for hydroxylation is 1. The molecule has 1 saturated heterocycles. The molecule has 2 amide bonds. The second kappa shape index (κ2) is 12.3. The summed E-state index contributed by atoms with van der Waals surface area (Å²) in [7, 11) is 0. The fourth-order valence-electron chi connectivity index (χ4n) is 5.55. The number of rotatable bonds is 7. The number of piperidine rings is 1. The van der Waals surface area contributed by atoms with Gasteiger partial charge in [-0.3, -0.25) is 10.1 Å². The number of nitrogens with two attached hydrogens (primary N) is 1. The van der Waals surface area contributed by atoms with Crippen molar-refractivity contribution in [2.45, 2.75) is 51.9 Å². The number of carbonyl (C=O) groups is 2. The molecule has 1 aromatic heterocycles. The zero-order valence-electron chi connectivity index (χ0n) is 25.1. The van der Waals surface area contributed by atoms with E-state index in [9.17, 15) is 14.7 Å². The second-order valence-corrected chi connectivity index (χ2v) is 12.3. The number of anilines is 3. The third kappa shape index (κ3) is 6.73. The number of benzene rings is 3. The van der Waals surface area contributed by atoms with Gasteiger partial charge < -0.3 is 21.5 Å². The fraction of sp³-hybridized carbons (Fsp3) is 0.324. The van der Waals surface area contributed by atoms with Crippen molar-refractivity contribution in [1.29, 1.82) is 0 Å². The van der Waals surface area contributed by atoms with E-state index in [1.165, 1.54) is 12.1 Å². The molecule has 1 fully saturated rings. The lowest BCUT2D eigenvalue weighted by Gasteiger charge is -2.31. The van der Waals surface area contributed by atoms with Gasteiger partial charge in [-0.15, -0.1) is 0 Å². The predicted molar refractivity (Wildman–Crippen MR) is 171 cm³/mol. The summed E-state index contributed by atoms with van der Waals surface area (Å²) in [5, 5.41) is 24.1. The highest BCUT2D eigenvalue weighted by Crippen LogP contribution is 2.38. The van der Waals surface area contributed by atoms with Crippen molar-refractivity contribution in [3.8, 4) is 11.4 Å². The number of nitrogen functional groups attached to an aromatic ring is 1. The van der Waals surface area contributed by atoms with Gasteiger partial charge in [-0.05, 0) is 80.7 Å². The zero-order chi connectivity index (χ0) is 30.7. The first-order valence-electron chi connectivity index (χ1n) is 14.7. The Hall–Kier alpha value is -4.63. The molecular weight excluding hydrogens is 540 g/mol. The van der Waals surface area contributed by atoms with Crippen molar-refractivity contribution in [3.05, 3.63) is 95.2 Å². The van der Waals surface area contributed by atoms with Crippen LogP contribution in [0.3, 0.4) is 0 Å². The molecule has 0 radical (unpaired) electrons. The number of amides is 2. The third-order valence-electron chi connectivity index (χ3n) is 7.99. The van der Waals surface area contributed by atoms with Crippen LogP contribution in [-0.2, 0) is 5.41 Å². The predicted octanol–water partition coefficient (Wildman–Crippen LogP) is 6.38. The number of hydrogen-bond donors (Lipinski definition) is 5. The van der Waals surface area contributed by atoms with E-state index in [-0.39, 0.29) is 28.6 Å². The number of aromatic nitrogens is 2. The molecule has 9 heteroatoms. The van der Waals surface area contributed by atoms with Crippen LogP contribution in [0.1, 0.15) is 66.7 Å². The van der Waals surface area contributed by atoms with E-state index >= 15 is 0 Å². The molecule has 3 aromatic carbocycles. The van der Waals surface area contributed by atoms with Crippen LogP contribution < -0.4 is 21.7 Å². The van der Waals surface area contributed by atoms with Crippen LogP contribution in [0, 0.1) is 12.8 Å². The summed E-state index contributed by atoms with van der Waals surface area (Å²) in [6.45, 7) is 9.87.